The Labute approximate surface area is 148 Å². The zero-order chi connectivity index (χ0) is 17.8. The highest BCUT2D eigenvalue weighted by molar-refractivity contribution is 5.78. The molecule has 1 unspecified atom stereocenters. The molecule has 0 amide bonds. The molecule has 6 nitrogen and oxygen atoms in total. The van der Waals surface area contributed by atoms with Crippen molar-refractivity contribution in [2.24, 2.45) is 0 Å². The second-order valence-corrected chi connectivity index (χ2v) is 6.50. The third-order valence-corrected chi connectivity index (χ3v) is 4.15. The van der Waals surface area contributed by atoms with Crippen LogP contribution in [0.1, 0.15) is 45.7 Å². The van der Waals surface area contributed by atoms with Crippen molar-refractivity contribution in [1.82, 2.24) is 19.5 Å². The number of nitrogens with zero attached hydrogens (tertiary/aromatic N) is 4. The minimum absolute atomic E-state index is 0.262. The van der Waals surface area contributed by atoms with Gasteiger partial charge < -0.3 is 14.6 Å². The fourth-order valence-corrected chi connectivity index (χ4v) is 2.48. The number of nitrogens with one attached hydrogen (secondary N) is 1. The first-order chi connectivity index (χ1) is 12.1. The summed E-state index contributed by atoms with van der Waals surface area (Å²) in [7, 11) is 0. The SMILES string of the molecule is CCC(C)Nc1nc(OCc2ccccc2)c2ncn(C(C)C)c2n1. The first-order valence-electron chi connectivity index (χ1n) is 8.76. The minimum Gasteiger partial charge on any atom is -0.471 e. The molecule has 25 heavy (non-hydrogen) atoms. The van der Waals surface area contributed by atoms with Gasteiger partial charge in [0.2, 0.25) is 11.8 Å². The second-order valence-electron chi connectivity index (χ2n) is 6.50. The molecule has 1 aromatic carbocycles. The number of hydrogen-bond donors (Lipinski definition) is 1. The Bertz CT molecular complexity index is 828. The number of aromatic nitrogens is 4. The van der Waals surface area contributed by atoms with Crippen LogP contribution in [0.2, 0.25) is 0 Å². The van der Waals surface area contributed by atoms with Crippen molar-refractivity contribution in [1.29, 1.82) is 0 Å². The lowest BCUT2D eigenvalue weighted by Gasteiger charge is -2.14. The number of ether oxygens (including phenoxy) is 1. The van der Waals surface area contributed by atoms with Gasteiger partial charge in [0, 0.05) is 12.1 Å². The summed E-state index contributed by atoms with van der Waals surface area (Å²) in [4.78, 5) is 13.7. The van der Waals surface area contributed by atoms with E-state index in [4.69, 9.17) is 4.74 Å². The summed E-state index contributed by atoms with van der Waals surface area (Å²) >= 11 is 0. The molecule has 0 spiro atoms. The van der Waals surface area contributed by atoms with Crippen molar-refractivity contribution >= 4 is 17.1 Å². The molecule has 0 fully saturated rings. The Morgan fingerprint density at radius 3 is 2.56 bits per heavy atom. The van der Waals surface area contributed by atoms with E-state index >= 15 is 0 Å². The van der Waals surface area contributed by atoms with E-state index in [-0.39, 0.29) is 12.1 Å². The largest absolute Gasteiger partial charge is 0.471 e. The molecule has 0 aliphatic rings. The van der Waals surface area contributed by atoms with Gasteiger partial charge in [-0.1, -0.05) is 37.3 Å². The Balaban J connectivity index is 1.96. The van der Waals surface area contributed by atoms with E-state index in [1.165, 1.54) is 0 Å². The fourth-order valence-electron chi connectivity index (χ4n) is 2.48. The summed E-state index contributed by atoms with van der Waals surface area (Å²) in [5, 5.41) is 3.33. The third-order valence-electron chi connectivity index (χ3n) is 4.15. The topological polar surface area (TPSA) is 64.9 Å². The number of anilines is 1. The lowest BCUT2D eigenvalue weighted by molar-refractivity contribution is 0.297. The molecule has 3 rings (SSSR count). The van der Waals surface area contributed by atoms with Gasteiger partial charge in [0.15, 0.2) is 11.2 Å². The van der Waals surface area contributed by atoms with E-state index in [2.05, 4.69) is 48.0 Å². The van der Waals surface area contributed by atoms with Crippen LogP contribution in [-0.4, -0.2) is 25.6 Å². The maximum atomic E-state index is 5.99. The van der Waals surface area contributed by atoms with Crippen LogP contribution in [0, 0.1) is 0 Å². The molecule has 0 bridgehead atoms. The number of benzene rings is 1. The molecule has 0 radical (unpaired) electrons. The molecule has 6 heteroatoms. The molecule has 1 atom stereocenters. The lowest BCUT2D eigenvalue weighted by atomic mass is 10.2. The van der Waals surface area contributed by atoms with Crippen molar-refractivity contribution in [3.63, 3.8) is 0 Å². The molecule has 2 heterocycles. The van der Waals surface area contributed by atoms with Crippen LogP contribution in [0.4, 0.5) is 5.95 Å². The fraction of sp³-hybridized carbons (Fsp3) is 0.421. The van der Waals surface area contributed by atoms with Crippen LogP contribution in [0.5, 0.6) is 5.88 Å². The van der Waals surface area contributed by atoms with Crippen molar-refractivity contribution in [3.8, 4) is 5.88 Å². The molecule has 0 aliphatic heterocycles. The van der Waals surface area contributed by atoms with Crippen molar-refractivity contribution in [3.05, 3.63) is 42.2 Å². The van der Waals surface area contributed by atoms with Crippen LogP contribution in [0.25, 0.3) is 11.2 Å². The maximum absolute atomic E-state index is 5.99. The van der Waals surface area contributed by atoms with Gasteiger partial charge in [-0.05, 0) is 32.8 Å². The Hall–Kier alpha value is -2.63. The minimum atomic E-state index is 0.262. The van der Waals surface area contributed by atoms with Gasteiger partial charge in [-0.3, -0.25) is 0 Å². The molecule has 3 aromatic rings. The van der Waals surface area contributed by atoms with Gasteiger partial charge >= 0.3 is 0 Å². The molecule has 2 aromatic heterocycles. The van der Waals surface area contributed by atoms with Crippen molar-refractivity contribution < 1.29 is 4.74 Å². The number of fused-ring (bicyclic) bond motifs is 1. The number of rotatable bonds is 7. The molecule has 0 saturated heterocycles. The second kappa shape index (κ2) is 7.51. The van der Waals surface area contributed by atoms with Gasteiger partial charge in [-0.15, -0.1) is 0 Å². The smallest absolute Gasteiger partial charge is 0.247 e. The zero-order valence-electron chi connectivity index (χ0n) is 15.2. The van der Waals surface area contributed by atoms with Gasteiger partial charge in [-0.25, -0.2) is 4.98 Å². The Morgan fingerprint density at radius 1 is 1.12 bits per heavy atom. The zero-order valence-corrected chi connectivity index (χ0v) is 15.2. The summed E-state index contributed by atoms with van der Waals surface area (Å²) in [5.41, 5.74) is 2.58. The first-order valence-corrected chi connectivity index (χ1v) is 8.76. The number of hydrogen-bond acceptors (Lipinski definition) is 5. The molecular formula is C19H25N5O. The summed E-state index contributed by atoms with van der Waals surface area (Å²) in [6.07, 6.45) is 2.79. The maximum Gasteiger partial charge on any atom is 0.247 e. The van der Waals surface area contributed by atoms with Crippen LogP contribution in [-0.2, 0) is 6.61 Å². The predicted molar refractivity (Wildman–Crippen MR) is 99.9 cm³/mol. The first kappa shape index (κ1) is 17.2. The van der Waals surface area contributed by atoms with E-state index in [0.717, 1.165) is 17.6 Å². The summed E-state index contributed by atoms with van der Waals surface area (Å²) in [6, 6.07) is 10.6. The van der Waals surface area contributed by atoms with E-state index in [1.807, 2.05) is 34.9 Å². The quantitative estimate of drug-likeness (QED) is 0.699. The Morgan fingerprint density at radius 2 is 1.88 bits per heavy atom. The van der Waals surface area contributed by atoms with Gasteiger partial charge in [0.25, 0.3) is 0 Å². The summed E-state index contributed by atoms with van der Waals surface area (Å²) in [6.45, 7) is 8.90. The average molecular weight is 339 g/mol. The van der Waals surface area contributed by atoms with Crippen LogP contribution >= 0.6 is 0 Å². The number of imidazole rings is 1. The van der Waals surface area contributed by atoms with E-state index < -0.39 is 0 Å². The predicted octanol–water partition coefficient (Wildman–Crippen LogP) is 4.20. The summed E-state index contributed by atoms with van der Waals surface area (Å²) in [5.74, 6) is 1.09. The van der Waals surface area contributed by atoms with Crippen molar-refractivity contribution in [2.45, 2.75) is 52.8 Å². The monoisotopic (exact) mass is 339 g/mol. The normalized spacial score (nSPS) is 12.5. The Kier molecular flexibility index (Phi) is 5.16. The van der Waals surface area contributed by atoms with Crippen molar-refractivity contribution in [2.75, 3.05) is 5.32 Å². The standard InChI is InChI=1S/C19H25N5O/c1-5-14(4)21-19-22-17-16(20-12-24(17)13(2)3)18(23-19)25-11-15-9-7-6-8-10-15/h6-10,12-14H,5,11H2,1-4H3,(H,21,22,23). The molecule has 0 aliphatic carbocycles. The molecular weight excluding hydrogens is 314 g/mol. The molecule has 1 N–H and O–H groups in total. The third kappa shape index (κ3) is 3.90. The summed E-state index contributed by atoms with van der Waals surface area (Å²) < 4.78 is 8.02. The van der Waals surface area contributed by atoms with E-state index in [9.17, 15) is 0 Å². The van der Waals surface area contributed by atoms with Gasteiger partial charge in [0.1, 0.15) is 6.61 Å². The van der Waals surface area contributed by atoms with E-state index in [0.29, 0.717) is 24.0 Å². The van der Waals surface area contributed by atoms with Crippen LogP contribution < -0.4 is 10.1 Å². The molecule has 132 valence electrons. The van der Waals surface area contributed by atoms with Gasteiger partial charge in [-0.2, -0.15) is 9.97 Å². The highest BCUT2D eigenvalue weighted by atomic mass is 16.5. The lowest BCUT2D eigenvalue weighted by Crippen LogP contribution is -2.16. The van der Waals surface area contributed by atoms with Gasteiger partial charge in [0.05, 0.1) is 6.33 Å². The average Bonchev–Trinajstić information content (AvgIpc) is 3.04. The highest BCUT2D eigenvalue weighted by Gasteiger charge is 2.16. The molecule has 0 saturated carbocycles. The van der Waals surface area contributed by atoms with E-state index in [1.54, 1.807) is 6.33 Å². The highest BCUT2D eigenvalue weighted by Crippen LogP contribution is 2.26. The van der Waals surface area contributed by atoms with Crippen LogP contribution in [0.15, 0.2) is 36.7 Å². The van der Waals surface area contributed by atoms with Crippen LogP contribution in [0.3, 0.4) is 0 Å².